The summed E-state index contributed by atoms with van der Waals surface area (Å²) in [6, 6.07) is 0. The highest BCUT2D eigenvalue weighted by atomic mass is 32.2. The Morgan fingerprint density at radius 3 is 2.80 bits per heavy atom. The van der Waals surface area contributed by atoms with E-state index >= 15 is 0 Å². The molecule has 2 heterocycles. The first kappa shape index (κ1) is 6.68. The van der Waals surface area contributed by atoms with Crippen molar-refractivity contribution in [3.8, 4) is 0 Å². The van der Waals surface area contributed by atoms with Crippen LogP contribution in [0.5, 0.6) is 0 Å². The molecule has 0 aromatic carbocycles. The quantitative estimate of drug-likeness (QED) is 0.563. The van der Waals surface area contributed by atoms with E-state index in [0.29, 0.717) is 4.75 Å². The first-order valence-electron chi connectivity index (χ1n) is 3.78. The molecule has 0 amide bonds. The van der Waals surface area contributed by atoms with Gasteiger partial charge in [0.15, 0.2) is 0 Å². The van der Waals surface area contributed by atoms with Crippen molar-refractivity contribution >= 4 is 17.3 Å². The molecule has 0 radical (unpaired) electrons. The lowest BCUT2D eigenvalue weighted by atomic mass is 9.97. The number of thioether (sulfide) groups is 1. The first-order chi connectivity index (χ1) is 4.91. The van der Waals surface area contributed by atoms with Gasteiger partial charge in [0.05, 0.1) is 12.1 Å². The molecule has 1 N–H and O–H groups in total. The van der Waals surface area contributed by atoms with Crippen LogP contribution in [0, 0.1) is 0 Å². The molecule has 2 rings (SSSR count). The minimum Gasteiger partial charge on any atom is -0.317 e. The molecule has 0 saturated carbocycles. The molecule has 1 spiro atoms. The number of piperidine rings is 1. The van der Waals surface area contributed by atoms with Gasteiger partial charge in [-0.1, -0.05) is 0 Å². The zero-order chi connectivity index (χ0) is 6.86. The van der Waals surface area contributed by atoms with Gasteiger partial charge in [-0.2, -0.15) is 0 Å². The molecule has 10 heavy (non-hydrogen) atoms. The van der Waals surface area contributed by atoms with Crippen molar-refractivity contribution in [2.75, 3.05) is 19.6 Å². The highest BCUT2D eigenvalue weighted by molar-refractivity contribution is 8.13. The fourth-order valence-electron chi connectivity index (χ4n) is 1.55. The zero-order valence-corrected chi connectivity index (χ0v) is 6.78. The third-order valence-corrected chi connectivity index (χ3v) is 3.56. The lowest BCUT2D eigenvalue weighted by molar-refractivity contribution is 0.426. The van der Waals surface area contributed by atoms with E-state index in [2.05, 4.69) is 10.3 Å². The molecule has 2 aliphatic rings. The molecule has 0 unspecified atom stereocenters. The molecular weight excluding hydrogens is 144 g/mol. The molecule has 0 atom stereocenters. The van der Waals surface area contributed by atoms with Crippen molar-refractivity contribution in [3.63, 3.8) is 0 Å². The normalized spacial score (nSPS) is 29.6. The Bertz CT molecular complexity index is 140. The molecule has 2 nitrogen and oxygen atoms in total. The van der Waals surface area contributed by atoms with Gasteiger partial charge < -0.3 is 5.32 Å². The Kier molecular flexibility index (Phi) is 1.70. The summed E-state index contributed by atoms with van der Waals surface area (Å²) in [7, 11) is 0. The van der Waals surface area contributed by atoms with Crippen LogP contribution in [0.3, 0.4) is 0 Å². The van der Waals surface area contributed by atoms with Crippen LogP contribution in [-0.4, -0.2) is 29.9 Å². The maximum atomic E-state index is 4.27. The van der Waals surface area contributed by atoms with E-state index in [1.807, 2.05) is 17.3 Å². The van der Waals surface area contributed by atoms with Crippen LogP contribution in [0.15, 0.2) is 4.99 Å². The van der Waals surface area contributed by atoms with Crippen LogP contribution in [0.2, 0.25) is 0 Å². The lowest BCUT2D eigenvalue weighted by Gasteiger charge is -2.31. The van der Waals surface area contributed by atoms with Crippen LogP contribution in [0.4, 0.5) is 0 Å². The fourth-order valence-corrected chi connectivity index (χ4v) is 2.51. The molecule has 1 saturated heterocycles. The zero-order valence-electron chi connectivity index (χ0n) is 5.97. The number of rotatable bonds is 0. The predicted octanol–water partition coefficient (Wildman–Crippen LogP) is 0.884. The molecule has 56 valence electrons. The predicted molar refractivity (Wildman–Crippen MR) is 45.8 cm³/mol. The number of nitrogens with one attached hydrogen (secondary N) is 1. The largest absolute Gasteiger partial charge is 0.317 e. The Balaban J connectivity index is 2.00. The number of hydrogen-bond donors (Lipinski definition) is 1. The van der Waals surface area contributed by atoms with Crippen molar-refractivity contribution in [3.05, 3.63) is 0 Å². The molecule has 3 heteroatoms. The summed E-state index contributed by atoms with van der Waals surface area (Å²) in [6.45, 7) is 3.41. The minimum atomic E-state index is 0.505. The van der Waals surface area contributed by atoms with E-state index in [0.717, 1.165) is 6.54 Å². The van der Waals surface area contributed by atoms with Crippen LogP contribution in [0.1, 0.15) is 12.8 Å². The Hall–Kier alpha value is -0.0200. The molecule has 2 aliphatic heterocycles. The average Bonchev–Trinajstić information content (AvgIpc) is 2.39. The second-order valence-corrected chi connectivity index (χ2v) is 4.31. The highest BCUT2D eigenvalue weighted by Crippen LogP contribution is 2.36. The lowest BCUT2D eigenvalue weighted by Crippen LogP contribution is -2.40. The Labute approximate surface area is 65.5 Å². The van der Waals surface area contributed by atoms with Crippen molar-refractivity contribution in [2.45, 2.75) is 17.6 Å². The molecule has 0 bridgehead atoms. The van der Waals surface area contributed by atoms with Crippen LogP contribution >= 0.6 is 11.8 Å². The van der Waals surface area contributed by atoms with Crippen molar-refractivity contribution in [2.24, 2.45) is 4.99 Å². The van der Waals surface area contributed by atoms with Gasteiger partial charge in [-0.25, -0.2) is 0 Å². The molecule has 0 aromatic heterocycles. The van der Waals surface area contributed by atoms with Crippen molar-refractivity contribution in [1.82, 2.24) is 5.32 Å². The fraction of sp³-hybridized carbons (Fsp3) is 0.857. The summed E-state index contributed by atoms with van der Waals surface area (Å²) in [5, 5.41) is 3.37. The van der Waals surface area contributed by atoms with Gasteiger partial charge in [-0.3, -0.25) is 4.99 Å². The van der Waals surface area contributed by atoms with Gasteiger partial charge in [-0.15, -0.1) is 11.8 Å². The summed E-state index contributed by atoms with van der Waals surface area (Å²) in [4.78, 5) is 4.27. The highest BCUT2D eigenvalue weighted by Gasteiger charge is 2.34. The van der Waals surface area contributed by atoms with Gasteiger partial charge in [0.25, 0.3) is 0 Å². The van der Waals surface area contributed by atoms with E-state index in [4.69, 9.17) is 0 Å². The summed E-state index contributed by atoms with van der Waals surface area (Å²) in [5.74, 6) is 0. The molecule has 1 fully saturated rings. The summed E-state index contributed by atoms with van der Waals surface area (Å²) < 4.78 is 0.505. The minimum absolute atomic E-state index is 0.505. The van der Waals surface area contributed by atoms with Gasteiger partial charge in [0, 0.05) is 4.75 Å². The van der Waals surface area contributed by atoms with Gasteiger partial charge >= 0.3 is 0 Å². The van der Waals surface area contributed by atoms with E-state index < -0.39 is 0 Å². The second-order valence-electron chi connectivity index (χ2n) is 3.00. The molecule has 0 aromatic rings. The van der Waals surface area contributed by atoms with Crippen LogP contribution in [0.25, 0.3) is 0 Å². The van der Waals surface area contributed by atoms with Crippen molar-refractivity contribution in [1.29, 1.82) is 0 Å². The van der Waals surface area contributed by atoms with E-state index in [9.17, 15) is 0 Å². The van der Waals surface area contributed by atoms with E-state index in [1.165, 1.54) is 25.9 Å². The average molecular weight is 156 g/mol. The molecular formula is C7H12N2S. The number of aliphatic imine (C=N–C) groups is 1. The summed E-state index contributed by atoms with van der Waals surface area (Å²) in [6.07, 6.45) is 2.58. The summed E-state index contributed by atoms with van der Waals surface area (Å²) in [5.41, 5.74) is 2.02. The Morgan fingerprint density at radius 2 is 2.20 bits per heavy atom. The monoisotopic (exact) mass is 156 g/mol. The van der Waals surface area contributed by atoms with E-state index in [1.54, 1.807) is 0 Å². The topological polar surface area (TPSA) is 24.4 Å². The van der Waals surface area contributed by atoms with Crippen LogP contribution in [-0.2, 0) is 0 Å². The maximum absolute atomic E-state index is 4.27. The summed E-state index contributed by atoms with van der Waals surface area (Å²) >= 11 is 1.93. The smallest absolute Gasteiger partial charge is 0.0547 e. The SMILES string of the molecule is C1=NCC2(CCNCC2)S1. The number of hydrogen-bond acceptors (Lipinski definition) is 3. The Morgan fingerprint density at radius 1 is 1.40 bits per heavy atom. The molecule has 0 aliphatic carbocycles. The third-order valence-electron chi connectivity index (χ3n) is 2.27. The number of nitrogens with zero attached hydrogens (tertiary/aromatic N) is 1. The second kappa shape index (κ2) is 2.55. The maximum Gasteiger partial charge on any atom is 0.0547 e. The van der Waals surface area contributed by atoms with Gasteiger partial charge in [-0.05, 0) is 25.9 Å². The van der Waals surface area contributed by atoms with Gasteiger partial charge in [0.2, 0.25) is 0 Å². The van der Waals surface area contributed by atoms with Crippen LogP contribution < -0.4 is 5.32 Å². The van der Waals surface area contributed by atoms with Crippen molar-refractivity contribution < 1.29 is 0 Å². The first-order valence-corrected chi connectivity index (χ1v) is 4.66. The van der Waals surface area contributed by atoms with Gasteiger partial charge in [0.1, 0.15) is 0 Å². The van der Waals surface area contributed by atoms with E-state index in [-0.39, 0.29) is 0 Å². The standard InChI is InChI=1S/C7H12N2S/c1-3-8-4-2-7(1)5-9-6-10-7/h6,8H,1-5H2. The third kappa shape index (κ3) is 1.08.